The van der Waals surface area contributed by atoms with Gasteiger partial charge in [-0.3, -0.25) is 9.89 Å². The van der Waals surface area contributed by atoms with E-state index in [-0.39, 0.29) is 11.5 Å². The fourth-order valence-electron chi connectivity index (χ4n) is 2.97. The topological polar surface area (TPSA) is 77.0 Å². The van der Waals surface area contributed by atoms with E-state index >= 15 is 0 Å². The molecule has 1 saturated heterocycles. The first-order chi connectivity index (χ1) is 11.9. The molecule has 2 N–H and O–H groups in total. The number of sulfone groups is 1. The van der Waals surface area contributed by atoms with E-state index in [1.54, 1.807) is 7.05 Å². The summed E-state index contributed by atoms with van der Waals surface area (Å²) in [6.07, 6.45) is 2.29. The fourth-order valence-corrected chi connectivity index (χ4v) is 4.24. The number of aliphatic imine (C=N–C) groups is 1. The third-order valence-electron chi connectivity index (χ3n) is 4.77. The second kappa shape index (κ2) is 11.7. The molecule has 0 amide bonds. The van der Waals surface area contributed by atoms with Crippen molar-refractivity contribution in [3.8, 4) is 0 Å². The Morgan fingerprint density at radius 2 is 1.88 bits per heavy atom. The average Bonchev–Trinajstić information content (AvgIpc) is 2.59. The molecule has 8 heteroatoms. The summed E-state index contributed by atoms with van der Waals surface area (Å²) in [6.45, 7) is 12.8. The van der Waals surface area contributed by atoms with Crippen molar-refractivity contribution in [2.45, 2.75) is 39.7 Å². The Balaban J connectivity index is 2.19. The third kappa shape index (κ3) is 9.42. The largest absolute Gasteiger partial charge is 0.355 e. The predicted molar refractivity (Wildman–Crippen MR) is 106 cm³/mol. The molecule has 148 valence electrons. The molecule has 0 aromatic heterocycles. The molecule has 0 bridgehead atoms. The van der Waals surface area contributed by atoms with Gasteiger partial charge >= 0.3 is 0 Å². The lowest BCUT2D eigenvalue weighted by molar-refractivity contribution is 0.292. The van der Waals surface area contributed by atoms with Crippen LogP contribution in [0.15, 0.2) is 4.99 Å². The van der Waals surface area contributed by atoms with Crippen molar-refractivity contribution in [1.82, 2.24) is 20.4 Å². The van der Waals surface area contributed by atoms with Gasteiger partial charge in [0.15, 0.2) is 15.8 Å². The zero-order chi connectivity index (χ0) is 18.7. The van der Waals surface area contributed by atoms with Crippen LogP contribution < -0.4 is 10.6 Å². The first-order valence-corrected chi connectivity index (χ1v) is 11.3. The fraction of sp³-hybridized carbons (Fsp3) is 0.941. The van der Waals surface area contributed by atoms with Crippen LogP contribution in [-0.4, -0.2) is 94.6 Å². The van der Waals surface area contributed by atoms with Crippen molar-refractivity contribution in [2.75, 3.05) is 64.4 Å². The van der Waals surface area contributed by atoms with Gasteiger partial charge in [0.25, 0.3) is 0 Å². The van der Waals surface area contributed by atoms with Crippen LogP contribution in [0.1, 0.15) is 33.6 Å². The quantitative estimate of drug-likeness (QED) is 0.425. The molecular formula is C17H37N5O2S. The van der Waals surface area contributed by atoms with Gasteiger partial charge in [0.05, 0.1) is 11.5 Å². The SMILES string of the molecule is CCN(CC)CCCC(C)NC(=NC)NCCN1CCS(=O)(=O)CC1. The number of hydrogen-bond donors (Lipinski definition) is 2. The Kier molecular flexibility index (Phi) is 10.4. The van der Waals surface area contributed by atoms with Gasteiger partial charge in [-0.05, 0) is 39.4 Å². The normalized spacial score (nSPS) is 19.8. The van der Waals surface area contributed by atoms with Gasteiger partial charge in [-0.15, -0.1) is 0 Å². The van der Waals surface area contributed by atoms with Crippen LogP contribution in [0.3, 0.4) is 0 Å². The molecule has 0 aromatic rings. The summed E-state index contributed by atoms with van der Waals surface area (Å²) in [5.41, 5.74) is 0. The van der Waals surface area contributed by atoms with Crippen LogP contribution in [0.5, 0.6) is 0 Å². The summed E-state index contributed by atoms with van der Waals surface area (Å²) in [4.78, 5) is 8.91. The van der Waals surface area contributed by atoms with E-state index in [1.165, 1.54) is 6.42 Å². The third-order valence-corrected chi connectivity index (χ3v) is 6.38. The maximum absolute atomic E-state index is 11.4. The molecule has 1 atom stereocenters. The highest BCUT2D eigenvalue weighted by atomic mass is 32.2. The summed E-state index contributed by atoms with van der Waals surface area (Å²) < 4.78 is 22.9. The lowest BCUT2D eigenvalue weighted by Gasteiger charge is -2.27. The summed E-state index contributed by atoms with van der Waals surface area (Å²) in [6, 6.07) is 0.377. The van der Waals surface area contributed by atoms with Crippen molar-refractivity contribution in [3.05, 3.63) is 0 Å². The minimum Gasteiger partial charge on any atom is -0.355 e. The summed E-state index contributed by atoms with van der Waals surface area (Å²) in [5.74, 6) is 1.38. The van der Waals surface area contributed by atoms with Gasteiger partial charge in [-0.25, -0.2) is 8.42 Å². The van der Waals surface area contributed by atoms with E-state index in [0.717, 1.165) is 45.1 Å². The molecular weight excluding hydrogens is 338 g/mol. The van der Waals surface area contributed by atoms with Crippen molar-refractivity contribution in [1.29, 1.82) is 0 Å². The number of rotatable bonds is 10. The van der Waals surface area contributed by atoms with E-state index < -0.39 is 9.84 Å². The Bertz CT molecular complexity index is 477. The Labute approximate surface area is 154 Å². The minimum atomic E-state index is -2.80. The second-order valence-electron chi connectivity index (χ2n) is 6.71. The van der Waals surface area contributed by atoms with Crippen LogP contribution in [0, 0.1) is 0 Å². The van der Waals surface area contributed by atoms with E-state index in [9.17, 15) is 8.42 Å². The van der Waals surface area contributed by atoms with Crippen molar-refractivity contribution in [3.63, 3.8) is 0 Å². The van der Waals surface area contributed by atoms with Gasteiger partial charge in [-0.1, -0.05) is 13.8 Å². The van der Waals surface area contributed by atoms with E-state index in [4.69, 9.17) is 0 Å². The van der Waals surface area contributed by atoms with Crippen LogP contribution in [-0.2, 0) is 9.84 Å². The lowest BCUT2D eigenvalue weighted by atomic mass is 10.2. The van der Waals surface area contributed by atoms with Crippen LogP contribution in [0.25, 0.3) is 0 Å². The zero-order valence-corrected chi connectivity index (χ0v) is 17.2. The number of hydrogen-bond acceptors (Lipinski definition) is 5. The molecule has 1 unspecified atom stereocenters. The Morgan fingerprint density at radius 1 is 1.24 bits per heavy atom. The maximum atomic E-state index is 11.4. The maximum Gasteiger partial charge on any atom is 0.191 e. The zero-order valence-electron chi connectivity index (χ0n) is 16.4. The number of nitrogens with zero attached hydrogens (tertiary/aromatic N) is 3. The highest BCUT2D eigenvalue weighted by molar-refractivity contribution is 7.91. The smallest absolute Gasteiger partial charge is 0.191 e. The van der Waals surface area contributed by atoms with Crippen LogP contribution in [0.4, 0.5) is 0 Å². The van der Waals surface area contributed by atoms with Crippen molar-refractivity contribution in [2.24, 2.45) is 4.99 Å². The highest BCUT2D eigenvalue weighted by Crippen LogP contribution is 2.02. The van der Waals surface area contributed by atoms with E-state index in [0.29, 0.717) is 19.1 Å². The predicted octanol–water partition coefficient (Wildman–Crippen LogP) is 0.392. The number of nitrogens with one attached hydrogen (secondary N) is 2. The minimum absolute atomic E-state index is 0.281. The summed E-state index contributed by atoms with van der Waals surface area (Å²) in [7, 11) is -1.02. The van der Waals surface area contributed by atoms with Gasteiger partial charge in [0.2, 0.25) is 0 Å². The monoisotopic (exact) mass is 375 g/mol. The van der Waals surface area contributed by atoms with Gasteiger partial charge in [-0.2, -0.15) is 0 Å². The Morgan fingerprint density at radius 3 is 2.44 bits per heavy atom. The summed E-state index contributed by atoms with van der Waals surface area (Å²) in [5, 5.41) is 6.76. The lowest BCUT2D eigenvalue weighted by Crippen LogP contribution is -2.47. The molecule has 0 radical (unpaired) electrons. The molecule has 25 heavy (non-hydrogen) atoms. The molecule has 7 nitrogen and oxygen atoms in total. The molecule has 1 rings (SSSR count). The molecule has 1 fully saturated rings. The van der Waals surface area contributed by atoms with E-state index in [2.05, 4.69) is 46.2 Å². The number of guanidine groups is 1. The molecule has 0 aromatic carbocycles. The van der Waals surface area contributed by atoms with Gasteiger partial charge < -0.3 is 15.5 Å². The molecule has 1 heterocycles. The van der Waals surface area contributed by atoms with Crippen LogP contribution in [0.2, 0.25) is 0 Å². The molecule has 1 aliphatic heterocycles. The van der Waals surface area contributed by atoms with Crippen molar-refractivity contribution < 1.29 is 8.42 Å². The summed E-state index contributed by atoms with van der Waals surface area (Å²) >= 11 is 0. The molecule has 1 aliphatic rings. The highest BCUT2D eigenvalue weighted by Gasteiger charge is 2.20. The molecule has 0 saturated carbocycles. The van der Waals surface area contributed by atoms with Crippen LogP contribution >= 0.6 is 0 Å². The first-order valence-electron chi connectivity index (χ1n) is 9.52. The molecule has 0 aliphatic carbocycles. The van der Waals surface area contributed by atoms with Gasteiger partial charge in [0.1, 0.15) is 0 Å². The Hall–Kier alpha value is -0.860. The second-order valence-corrected chi connectivity index (χ2v) is 9.01. The standard InChI is InChI=1S/C17H37N5O2S/c1-5-21(6-2)10-7-8-16(3)20-17(18-4)19-9-11-22-12-14-25(23,24)15-13-22/h16H,5-15H2,1-4H3,(H2,18,19,20). The van der Waals surface area contributed by atoms with Gasteiger partial charge in [0, 0.05) is 39.3 Å². The average molecular weight is 376 g/mol. The molecule has 0 spiro atoms. The van der Waals surface area contributed by atoms with Crippen molar-refractivity contribution >= 4 is 15.8 Å². The van der Waals surface area contributed by atoms with E-state index in [1.807, 2.05) is 0 Å². The first kappa shape index (κ1) is 22.2.